The molecule has 0 radical (unpaired) electrons. The van der Waals surface area contributed by atoms with E-state index in [-0.39, 0.29) is 0 Å². The summed E-state index contributed by atoms with van der Waals surface area (Å²) in [5, 5.41) is 0. The minimum atomic E-state index is 0.809. The highest BCUT2D eigenvalue weighted by molar-refractivity contribution is 6.55. The fourth-order valence-electron chi connectivity index (χ4n) is 15.0. The molecule has 0 amide bonds. The third-order valence-corrected chi connectivity index (χ3v) is 16.3. The van der Waals surface area contributed by atoms with Crippen molar-refractivity contribution in [3.8, 4) is 0 Å². The van der Waals surface area contributed by atoms with Gasteiger partial charge in [-0.25, -0.2) is 0 Å². The average Bonchev–Trinajstić information content (AvgIpc) is 3.72. The van der Waals surface area contributed by atoms with E-state index in [0.29, 0.717) is 0 Å². The van der Waals surface area contributed by atoms with Gasteiger partial charge >= 0.3 is 6.98 Å². The zero-order valence-corrected chi connectivity index (χ0v) is 27.0. The first kappa shape index (κ1) is 27.3. The summed E-state index contributed by atoms with van der Waals surface area (Å²) in [6.07, 6.45) is 32.6. The molecule has 0 aromatic heterocycles. The van der Waals surface area contributed by atoms with Crippen LogP contribution in [0.5, 0.6) is 0 Å². The molecule has 41 heavy (non-hydrogen) atoms. The van der Waals surface area contributed by atoms with E-state index >= 15 is 0 Å². The molecule has 0 bridgehead atoms. The molecular weight excluding hydrogens is 495 g/mol. The third-order valence-electron chi connectivity index (χ3n) is 16.3. The Balaban J connectivity index is 1.16. The van der Waals surface area contributed by atoms with Gasteiger partial charge in [0.05, 0.1) is 0 Å². The van der Waals surface area contributed by atoms with Crippen LogP contribution in [0.15, 0.2) is 0 Å². The molecule has 2 saturated heterocycles. The first-order chi connectivity index (χ1) is 20.2. The molecule has 2 heterocycles. The fourth-order valence-corrected chi connectivity index (χ4v) is 15.0. The van der Waals surface area contributed by atoms with Crippen LogP contribution in [0.25, 0.3) is 0 Å². The average molecular weight is 559 g/mol. The van der Waals surface area contributed by atoms with E-state index in [1.165, 1.54) is 44.9 Å². The van der Waals surface area contributed by atoms with Crippen molar-refractivity contribution >= 4 is 6.98 Å². The van der Waals surface area contributed by atoms with E-state index in [4.69, 9.17) is 0 Å². The Labute approximate surface area is 254 Å². The van der Waals surface area contributed by atoms with Gasteiger partial charge in [0, 0.05) is 24.2 Å². The van der Waals surface area contributed by atoms with Crippen molar-refractivity contribution in [1.82, 2.24) is 9.62 Å². The number of fused-ring (bicyclic) bond motifs is 10. The van der Waals surface area contributed by atoms with Gasteiger partial charge in [0.2, 0.25) is 0 Å². The lowest BCUT2D eigenvalue weighted by Gasteiger charge is -2.52. The molecule has 14 unspecified atom stereocenters. The van der Waals surface area contributed by atoms with Crippen LogP contribution < -0.4 is 0 Å². The van der Waals surface area contributed by atoms with E-state index in [1.807, 2.05) is 0 Å². The summed E-state index contributed by atoms with van der Waals surface area (Å²) < 4.78 is 0. The highest BCUT2D eigenvalue weighted by Gasteiger charge is 2.66. The number of hydrogen-bond acceptors (Lipinski definition) is 2. The molecule has 2 nitrogen and oxygen atoms in total. The van der Waals surface area contributed by atoms with Crippen LogP contribution in [0.3, 0.4) is 0 Å². The Morgan fingerprint density at radius 1 is 0.415 bits per heavy atom. The van der Waals surface area contributed by atoms with Crippen molar-refractivity contribution < 1.29 is 0 Å². The van der Waals surface area contributed by atoms with Crippen LogP contribution in [-0.2, 0) is 0 Å². The quantitative estimate of drug-likeness (QED) is 0.318. The largest absolute Gasteiger partial charge is 0.322 e. The van der Waals surface area contributed by atoms with Gasteiger partial charge in [-0.3, -0.25) is 0 Å². The number of nitrogens with zero attached hydrogens (tertiary/aromatic N) is 2. The lowest BCUT2D eigenvalue weighted by molar-refractivity contribution is 0.103. The van der Waals surface area contributed by atoms with Crippen molar-refractivity contribution in [1.29, 1.82) is 0 Å². The van der Waals surface area contributed by atoms with E-state index in [9.17, 15) is 0 Å². The van der Waals surface area contributed by atoms with Crippen LogP contribution >= 0.6 is 0 Å². The van der Waals surface area contributed by atoms with Crippen LogP contribution in [0.2, 0.25) is 5.82 Å². The normalized spacial score (nSPS) is 53.7. The third kappa shape index (κ3) is 4.29. The lowest BCUT2D eigenvalue weighted by Crippen LogP contribution is -2.65. The first-order valence-electron chi connectivity index (χ1n) is 19.7. The standard InChI is InChI=1S/C38H63BN2/c1-24-16-18-35-31(20-24)33-22-26-10-6-8-14-29(26)37(33)40(35)39(28-12-4-3-5-13-28)41-36-19-17-25(2)21-32(36)34-23-27-11-7-9-15-30(27)38(34)41/h24-38H,3-23H2,1-2H3. The molecule has 9 aliphatic rings. The molecule has 0 spiro atoms. The Morgan fingerprint density at radius 3 is 1.39 bits per heavy atom. The lowest BCUT2D eigenvalue weighted by atomic mass is 9.51. The van der Waals surface area contributed by atoms with E-state index in [1.54, 1.807) is 89.9 Å². The summed E-state index contributed by atoms with van der Waals surface area (Å²) in [6, 6.07) is 3.77. The first-order valence-corrected chi connectivity index (χ1v) is 19.7. The van der Waals surface area contributed by atoms with Gasteiger partial charge < -0.3 is 9.62 Å². The highest BCUT2D eigenvalue weighted by Crippen LogP contribution is 2.63. The highest BCUT2D eigenvalue weighted by atomic mass is 15.3. The molecule has 2 aliphatic heterocycles. The second-order valence-electron chi connectivity index (χ2n) is 18.2. The van der Waals surface area contributed by atoms with Gasteiger partial charge in [-0.05, 0) is 129 Å². The van der Waals surface area contributed by atoms with Gasteiger partial charge in [-0.2, -0.15) is 0 Å². The Morgan fingerprint density at radius 2 is 0.878 bits per heavy atom. The Kier molecular flexibility index (Phi) is 7.20. The zero-order chi connectivity index (χ0) is 27.2. The fraction of sp³-hybridized carbons (Fsp3) is 1.00. The Bertz CT molecular complexity index is 881. The topological polar surface area (TPSA) is 6.48 Å². The van der Waals surface area contributed by atoms with E-state index < -0.39 is 0 Å². The summed E-state index contributed by atoms with van der Waals surface area (Å²) in [4.78, 5) is 7.03. The molecule has 9 fully saturated rings. The maximum atomic E-state index is 3.51. The van der Waals surface area contributed by atoms with Crippen molar-refractivity contribution in [2.75, 3.05) is 0 Å². The van der Waals surface area contributed by atoms with Gasteiger partial charge in [0.15, 0.2) is 0 Å². The summed E-state index contributed by atoms with van der Waals surface area (Å²) in [5.41, 5.74) is 0. The maximum Gasteiger partial charge on any atom is 0.315 e. The van der Waals surface area contributed by atoms with Crippen molar-refractivity contribution in [3.05, 3.63) is 0 Å². The molecule has 9 rings (SSSR count). The smallest absolute Gasteiger partial charge is 0.315 e. The second kappa shape index (κ2) is 10.8. The minimum Gasteiger partial charge on any atom is -0.322 e. The summed E-state index contributed by atoms with van der Waals surface area (Å²) in [6.45, 7) is 6.05. The molecule has 7 saturated carbocycles. The van der Waals surface area contributed by atoms with Crippen LogP contribution in [0, 0.1) is 59.2 Å². The Hall–Kier alpha value is -0.0151. The number of rotatable bonds is 3. The van der Waals surface area contributed by atoms with Crippen molar-refractivity contribution in [3.63, 3.8) is 0 Å². The SMILES string of the molecule is CC1CCC2C(C1)C1CC3CCCCC3C1N2B(C1CCCCC1)N1C2CCC(C)CC2C2CC3CCCCC3C21. The minimum absolute atomic E-state index is 0.809. The predicted octanol–water partition coefficient (Wildman–Crippen LogP) is 9.44. The van der Waals surface area contributed by atoms with Crippen LogP contribution in [-0.4, -0.2) is 40.8 Å². The summed E-state index contributed by atoms with van der Waals surface area (Å²) >= 11 is 0. The molecule has 0 aromatic carbocycles. The van der Waals surface area contributed by atoms with E-state index in [0.717, 1.165) is 96.1 Å². The van der Waals surface area contributed by atoms with Gasteiger partial charge in [0.25, 0.3) is 0 Å². The van der Waals surface area contributed by atoms with Gasteiger partial charge in [-0.1, -0.05) is 84.5 Å². The molecule has 14 atom stereocenters. The molecule has 7 aliphatic carbocycles. The van der Waals surface area contributed by atoms with Crippen molar-refractivity contribution in [2.24, 2.45) is 59.2 Å². The maximum absolute atomic E-state index is 3.51. The van der Waals surface area contributed by atoms with Gasteiger partial charge in [0.1, 0.15) is 0 Å². The number of hydrogen-bond donors (Lipinski definition) is 0. The monoisotopic (exact) mass is 559 g/mol. The summed E-state index contributed by atoms with van der Waals surface area (Å²) in [5.74, 6) is 11.3. The second-order valence-corrected chi connectivity index (χ2v) is 18.2. The molecule has 0 N–H and O–H groups in total. The molecule has 3 heteroatoms. The molecular formula is C38H63BN2. The predicted molar refractivity (Wildman–Crippen MR) is 172 cm³/mol. The summed E-state index contributed by atoms with van der Waals surface area (Å²) in [7, 11) is 0. The zero-order valence-electron chi connectivity index (χ0n) is 27.0. The van der Waals surface area contributed by atoms with Crippen LogP contribution in [0.4, 0.5) is 0 Å². The molecule has 228 valence electrons. The van der Waals surface area contributed by atoms with Gasteiger partial charge in [-0.15, -0.1) is 0 Å². The molecule has 0 aromatic rings. The van der Waals surface area contributed by atoms with Crippen LogP contribution in [0.1, 0.15) is 149 Å². The van der Waals surface area contributed by atoms with E-state index in [2.05, 4.69) is 23.5 Å². The van der Waals surface area contributed by atoms with Crippen molar-refractivity contribution in [2.45, 2.75) is 179 Å².